The van der Waals surface area contributed by atoms with Gasteiger partial charge in [-0.25, -0.2) is 4.79 Å². The number of anilines is 1. The monoisotopic (exact) mass is 340 g/mol. The Balaban J connectivity index is 2.34. The lowest BCUT2D eigenvalue weighted by atomic mass is 10.1. The number of hydrogen-bond acceptors (Lipinski definition) is 4. The second-order valence-electron chi connectivity index (χ2n) is 5.36. The number of esters is 1. The molecule has 0 aliphatic heterocycles. The summed E-state index contributed by atoms with van der Waals surface area (Å²) in [5.41, 5.74) is 1.86. The molecule has 0 saturated heterocycles. The zero-order valence-corrected chi connectivity index (χ0v) is 15.2. The van der Waals surface area contributed by atoms with Crippen LogP contribution in [0, 0.1) is 0 Å². The molecule has 0 saturated carbocycles. The first kappa shape index (κ1) is 17.2. The minimum absolute atomic E-state index is 0.260. The van der Waals surface area contributed by atoms with E-state index in [4.69, 9.17) is 17.0 Å². The first-order valence-electron chi connectivity index (χ1n) is 7.91. The van der Waals surface area contributed by atoms with Gasteiger partial charge in [-0.1, -0.05) is 6.42 Å². The second-order valence-corrected chi connectivity index (χ2v) is 6.85. The van der Waals surface area contributed by atoms with Crippen LogP contribution in [0.5, 0.6) is 0 Å². The van der Waals surface area contributed by atoms with E-state index >= 15 is 0 Å². The zero-order chi connectivity index (χ0) is 16.1. The van der Waals surface area contributed by atoms with E-state index < -0.39 is 0 Å². The summed E-state index contributed by atoms with van der Waals surface area (Å²) < 4.78 is 5.01. The minimum atomic E-state index is -0.260. The van der Waals surface area contributed by atoms with E-state index in [-0.39, 0.29) is 5.97 Å². The largest absolute Gasteiger partial charge is 0.465 e. The summed E-state index contributed by atoms with van der Waals surface area (Å²) in [6, 6.07) is 0. The predicted octanol–water partition coefficient (Wildman–Crippen LogP) is 3.84. The van der Waals surface area contributed by atoms with E-state index in [0.29, 0.717) is 10.7 Å². The van der Waals surface area contributed by atoms with Crippen molar-refractivity contribution in [2.75, 3.05) is 25.5 Å². The predicted molar refractivity (Wildman–Crippen MR) is 96.1 cm³/mol. The average Bonchev–Trinajstić information content (AvgIpc) is 2.69. The van der Waals surface area contributed by atoms with Crippen molar-refractivity contribution in [3.63, 3.8) is 0 Å². The van der Waals surface area contributed by atoms with Crippen LogP contribution in [0.15, 0.2) is 0 Å². The molecule has 122 valence electrons. The molecule has 0 radical (unpaired) electrons. The molecular weight excluding hydrogens is 316 g/mol. The first-order chi connectivity index (χ1) is 10.6. The molecule has 0 aromatic carbocycles. The van der Waals surface area contributed by atoms with Gasteiger partial charge in [-0.2, -0.15) is 0 Å². The van der Waals surface area contributed by atoms with Crippen molar-refractivity contribution in [1.82, 2.24) is 4.90 Å². The number of rotatable bonds is 4. The van der Waals surface area contributed by atoms with Gasteiger partial charge in [0.1, 0.15) is 5.00 Å². The molecule has 0 spiro atoms. The first-order valence-corrected chi connectivity index (χ1v) is 9.13. The topological polar surface area (TPSA) is 41.6 Å². The molecule has 4 nitrogen and oxygen atoms in total. The third-order valence-electron chi connectivity index (χ3n) is 4.08. The summed E-state index contributed by atoms with van der Waals surface area (Å²) in [7, 11) is 1.44. The number of nitrogens with zero attached hydrogens (tertiary/aromatic N) is 1. The van der Waals surface area contributed by atoms with E-state index in [0.717, 1.165) is 37.4 Å². The van der Waals surface area contributed by atoms with E-state index in [1.165, 1.54) is 30.4 Å². The molecule has 2 rings (SSSR count). The summed E-state index contributed by atoms with van der Waals surface area (Å²) in [4.78, 5) is 15.6. The summed E-state index contributed by atoms with van der Waals surface area (Å²) in [6.45, 7) is 5.84. The lowest BCUT2D eigenvalue weighted by Crippen LogP contribution is -2.34. The Bertz CT molecular complexity index is 551. The van der Waals surface area contributed by atoms with Crippen molar-refractivity contribution >= 4 is 39.6 Å². The molecule has 1 aliphatic carbocycles. The van der Waals surface area contributed by atoms with E-state index in [1.807, 2.05) is 0 Å². The lowest BCUT2D eigenvalue weighted by molar-refractivity contribution is 0.0601. The molecule has 0 unspecified atom stereocenters. The van der Waals surface area contributed by atoms with Crippen LogP contribution < -0.4 is 5.32 Å². The molecule has 0 bridgehead atoms. The number of aryl methyl sites for hydroxylation is 1. The second kappa shape index (κ2) is 7.92. The molecule has 1 aromatic heterocycles. The van der Waals surface area contributed by atoms with Gasteiger partial charge in [0.2, 0.25) is 0 Å². The van der Waals surface area contributed by atoms with Crippen molar-refractivity contribution in [1.29, 1.82) is 0 Å². The molecule has 1 heterocycles. The number of thiophene rings is 1. The quantitative estimate of drug-likeness (QED) is 0.512. The third kappa shape index (κ3) is 3.60. The molecule has 0 amide bonds. The van der Waals surface area contributed by atoms with Crippen molar-refractivity contribution in [2.45, 2.75) is 46.0 Å². The fraction of sp³-hybridized carbons (Fsp3) is 0.625. The van der Waals surface area contributed by atoms with Gasteiger partial charge >= 0.3 is 5.97 Å². The van der Waals surface area contributed by atoms with Gasteiger partial charge in [0, 0.05) is 18.0 Å². The van der Waals surface area contributed by atoms with Gasteiger partial charge in [-0.05, 0) is 57.3 Å². The number of fused-ring (bicyclic) bond motifs is 1. The third-order valence-corrected chi connectivity index (χ3v) is 5.65. The van der Waals surface area contributed by atoms with Crippen LogP contribution in [0.4, 0.5) is 5.00 Å². The summed E-state index contributed by atoms with van der Waals surface area (Å²) in [5, 5.41) is 4.80. The van der Waals surface area contributed by atoms with Gasteiger partial charge in [-0.3, -0.25) is 0 Å². The molecule has 0 fully saturated rings. The summed E-state index contributed by atoms with van der Waals surface area (Å²) in [5.74, 6) is -0.260. The Morgan fingerprint density at radius 1 is 1.27 bits per heavy atom. The van der Waals surface area contributed by atoms with E-state index in [1.54, 1.807) is 11.3 Å². The fourth-order valence-corrected chi connectivity index (χ4v) is 4.54. The maximum atomic E-state index is 12.3. The summed E-state index contributed by atoms with van der Waals surface area (Å²) >= 11 is 7.13. The zero-order valence-electron chi connectivity index (χ0n) is 13.5. The van der Waals surface area contributed by atoms with Crippen LogP contribution >= 0.6 is 23.6 Å². The molecule has 0 atom stereocenters. The minimum Gasteiger partial charge on any atom is -0.465 e. The Hall–Kier alpha value is -1.14. The highest BCUT2D eigenvalue weighted by molar-refractivity contribution is 7.80. The number of ether oxygens (including phenoxy) is 1. The maximum Gasteiger partial charge on any atom is 0.341 e. The highest BCUT2D eigenvalue weighted by Crippen LogP contribution is 2.38. The Labute approximate surface area is 141 Å². The van der Waals surface area contributed by atoms with E-state index in [2.05, 4.69) is 24.1 Å². The Morgan fingerprint density at radius 3 is 2.59 bits per heavy atom. The van der Waals surface area contributed by atoms with Crippen LogP contribution in [-0.4, -0.2) is 36.2 Å². The SMILES string of the molecule is CCN(CC)C(=S)Nc1sc2c(c1C(=O)OC)CCCCC2. The number of methoxy groups -OCH3 is 1. The number of nitrogens with one attached hydrogen (secondary N) is 1. The van der Waals surface area contributed by atoms with Crippen LogP contribution in [-0.2, 0) is 17.6 Å². The van der Waals surface area contributed by atoms with Crippen LogP contribution in [0.2, 0.25) is 0 Å². The average molecular weight is 341 g/mol. The van der Waals surface area contributed by atoms with Crippen LogP contribution in [0.3, 0.4) is 0 Å². The molecule has 1 aromatic rings. The Morgan fingerprint density at radius 2 is 1.95 bits per heavy atom. The normalized spacial score (nSPS) is 14.0. The van der Waals surface area contributed by atoms with Gasteiger partial charge in [0.15, 0.2) is 5.11 Å². The van der Waals surface area contributed by atoms with Crippen molar-refractivity contribution < 1.29 is 9.53 Å². The molecule has 22 heavy (non-hydrogen) atoms. The molecular formula is C16H24N2O2S2. The molecule has 1 N–H and O–H groups in total. The number of hydrogen-bond donors (Lipinski definition) is 1. The van der Waals surface area contributed by atoms with Gasteiger partial charge < -0.3 is 15.0 Å². The molecule has 6 heteroatoms. The van der Waals surface area contributed by atoms with Crippen LogP contribution in [0.25, 0.3) is 0 Å². The Kier molecular flexibility index (Phi) is 6.20. The van der Waals surface area contributed by atoms with Crippen molar-refractivity contribution in [2.24, 2.45) is 0 Å². The highest BCUT2D eigenvalue weighted by Gasteiger charge is 2.26. The van der Waals surface area contributed by atoms with E-state index in [9.17, 15) is 4.79 Å². The van der Waals surface area contributed by atoms with Gasteiger partial charge in [0.05, 0.1) is 12.7 Å². The summed E-state index contributed by atoms with van der Waals surface area (Å²) in [6.07, 6.45) is 5.55. The van der Waals surface area contributed by atoms with Crippen molar-refractivity contribution in [3.05, 3.63) is 16.0 Å². The smallest absolute Gasteiger partial charge is 0.341 e. The number of thiocarbonyl (C=S) groups is 1. The van der Waals surface area contributed by atoms with Crippen LogP contribution in [0.1, 0.15) is 53.9 Å². The number of carbonyl (C=O) groups excluding carboxylic acids is 1. The molecule has 1 aliphatic rings. The lowest BCUT2D eigenvalue weighted by Gasteiger charge is -2.22. The number of carbonyl (C=O) groups is 1. The highest BCUT2D eigenvalue weighted by atomic mass is 32.1. The van der Waals surface area contributed by atoms with Crippen molar-refractivity contribution in [3.8, 4) is 0 Å². The fourth-order valence-electron chi connectivity index (χ4n) is 2.84. The standard InChI is InChI=1S/C16H24N2O2S2/c1-4-18(5-2)16(21)17-14-13(15(19)20-3)11-9-7-6-8-10-12(11)22-14/h4-10H2,1-3H3,(H,17,21). The van der Waals surface area contributed by atoms with Gasteiger partial charge in [-0.15, -0.1) is 11.3 Å². The van der Waals surface area contributed by atoms with Gasteiger partial charge in [0.25, 0.3) is 0 Å². The maximum absolute atomic E-state index is 12.3.